The Balaban J connectivity index is 1.85. The van der Waals surface area contributed by atoms with Crippen LogP contribution in [0.15, 0.2) is 59.1 Å². The van der Waals surface area contributed by atoms with E-state index in [2.05, 4.69) is 21.2 Å². The first-order chi connectivity index (χ1) is 13.4. The number of carbonyl (C=O) groups excluding carboxylic acids is 3. The summed E-state index contributed by atoms with van der Waals surface area (Å²) in [7, 11) is 0. The van der Waals surface area contributed by atoms with Gasteiger partial charge in [0.2, 0.25) is 0 Å². The molecule has 2 aromatic carbocycles. The van der Waals surface area contributed by atoms with Crippen molar-refractivity contribution in [2.45, 2.75) is 26.5 Å². The van der Waals surface area contributed by atoms with Crippen LogP contribution >= 0.6 is 15.9 Å². The quantitative estimate of drug-likeness (QED) is 0.485. The van der Waals surface area contributed by atoms with E-state index in [1.807, 2.05) is 30.3 Å². The van der Waals surface area contributed by atoms with Gasteiger partial charge in [-0.15, -0.1) is 0 Å². The van der Waals surface area contributed by atoms with Crippen molar-refractivity contribution in [3.05, 3.63) is 70.2 Å². The van der Waals surface area contributed by atoms with E-state index in [0.29, 0.717) is 5.56 Å². The van der Waals surface area contributed by atoms with E-state index in [-0.39, 0.29) is 18.3 Å². The van der Waals surface area contributed by atoms with E-state index in [0.717, 1.165) is 10.0 Å². The summed E-state index contributed by atoms with van der Waals surface area (Å²) in [4.78, 5) is 36.5. The minimum absolute atomic E-state index is 0.0919. The number of Topliss-reactive ketones (excluding diaryl/α,β-unsaturated/α-hetero) is 1. The van der Waals surface area contributed by atoms with Gasteiger partial charge >= 0.3 is 12.1 Å². The zero-order valence-electron chi connectivity index (χ0n) is 15.7. The summed E-state index contributed by atoms with van der Waals surface area (Å²) in [6.07, 6.45) is -0.723. The van der Waals surface area contributed by atoms with E-state index >= 15 is 0 Å². The molecule has 2 aromatic rings. The summed E-state index contributed by atoms with van der Waals surface area (Å²) in [5, 5.41) is 2.50. The number of nitrogens with one attached hydrogen (secondary N) is 1. The first-order valence-corrected chi connectivity index (χ1v) is 9.58. The fourth-order valence-corrected chi connectivity index (χ4v) is 2.60. The molecule has 1 atom stereocenters. The number of amides is 1. The Labute approximate surface area is 172 Å². The number of esters is 1. The summed E-state index contributed by atoms with van der Waals surface area (Å²) in [6, 6.07) is 15.0. The highest BCUT2D eigenvalue weighted by Gasteiger charge is 2.27. The highest BCUT2D eigenvalue weighted by Crippen LogP contribution is 2.12. The molecule has 2 rings (SSSR count). The van der Waals surface area contributed by atoms with Crippen LogP contribution in [0.25, 0.3) is 0 Å². The molecule has 6 nitrogen and oxygen atoms in total. The first kappa shape index (κ1) is 21.6. The van der Waals surface area contributed by atoms with Crippen LogP contribution in [0.2, 0.25) is 0 Å². The van der Waals surface area contributed by atoms with Crippen LogP contribution in [0.5, 0.6) is 0 Å². The molecule has 0 bridgehead atoms. The molecule has 0 aliphatic rings. The van der Waals surface area contributed by atoms with Crippen LogP contribution in [0.4, 0.5) is 4.79 Å². The molecule has 0 unspecified atom stereocenters. The van der Waals surface area contributed by atoms with Gasteiger partial charge in [-0.05, 0) is 23.6 Å². The van der Waals surface area contributed by atoms with Crippen molar-refractivity contribution in [2.75, 3.05) is 6.61 Å². The number of hydrogen-bond acceptors (Lipinski definition) is 5. The van der Waals surface area contributed by atoms with Gasteiger partial charge in [-0.25, -0.2) is 9.59 Å². The average molecular weight is 448 g/mol. The molecular formula is C21H22BrNO5. The van der Waals surface area contributed by atoms with E-state index < -0.39 is 24.7 Å². The minimum atomic E-state index is -0.916. The number of ether oxygens (including phenoxy) is 2. The molecule has 148 valence electrons. The smallest absolute Gasteiger partial charge is 0.408 e. The van der Waals surface area contributed by atoms with Gasteiger partial charge in [-0.2, -0.15) is 0 Å². The van der Waals surface area contributed by atoms with Crippen LogP contribution in [-0.2, 0) is 20.9 Å². The lowest BCUT2D eigenvalue weighted by molar-refractivity contribution is -0.146. The average Bonchev–Trinajstić information content (AvgIpc) is 2.69. The second-order valence-corrected chi connectivity index (χ2v) is 7.38. The highest BCUT2D eigenvalue weighted by atomic mass is 79.9. The Kier molecular flexibility index (Phi) is 8.19. The van der Waals surface area contributed by atoms with Crippen molar-refractivity contribution in [2.24, 2.45) is 5.92 Å². The molecule has 7 heteroatoms. The Bertz CT molecular complexity index is 805. The maximum atomic E-state index is 12.3. The van der Waals surface area contributed by atoms with Crippen LogP contribution in [0, 0.1) is 5.92 Å². The Morgan fingerprint density at radius 3 is 2.21 bits per heavy atom. The third-order valence-electron chi connectivity index (χ3n) is 3.92. The second-order valence-electron chi connectivity index (χ2n) is 6.47. The van der Waals surface area contributed by atoms with Crippen molar-refractivity contribution >= 4 is 33.8 Å². The van der Waals surface area contributed by atoms with Gasteiger partial charge < -0.3 is 14.8 Å². The molecular weight excluding hydrogens is 426 g/mol. The number of rotatable bonds is 8. The Morgan fingerprint density at radius 1 is 0.964 bits per heavy atom. The number of carbonyl (C=O) groups is 3. The third kappa shape index (κ3) is 6.81. The monoisotopic (exact) mass is 447 g/mol. The SMILES string of the molecule is CC(C)[C@@H](NC(=O)OCc1ccccc1)C(=O)OCC(=O)c1ccc(Br)cc1. The van der Waals surface area contributed by atoms with Crippen molar-refractivity contribution in [3.63, 3.8) is 0 Å². The van der Waals surface area contributed by atoms with Gasteiger partial charge in [0.15, 0.2) is 12.4 Å². The van der Waals surface area contributed by atoms with Crippen LogP contribution < -0.4 is 5.32 Å². The van der Waals surface area contributed by atoms with Crippen molar-refractivity contribution < 1.29 is 23.9 Å². The summed E-state index contributed by atoms with van der Waals surface area (Å²) in [5.41, 5.74) is 1.27. The van der Waals surface area contributed by atoms with Crippen molar-refractivity contribution in [1.29, 1.82) is 0 Å². The number of ketones is 1. The lowest BCUT2D eigenvalue weighted by Gasteiger charge is -2.20. The fraction of sp³-hybridized carbons (Fsp3) is 0.286. The lowest BCUT2D eigenvalue weighted by atomic mass is 10.1. The molecule has 0 aromatic heterocycles. The number of hydrogen-bond donors (Lipinski definition) is 1. The second kappa shape index (κ2) is 10.6. The summed E-state index contributed by atoms with van der Waals surface area (Å²) in [5.74, 6) is -1.24. The van der Waals surface area contributed by atoms with Gasteiger partial charge in [0.05, 0.1) is 0 Å². The summed E-state index contributed by atoms with van der Waals surface area (Å²) < 4.78 is 11.1. The molecule has 0 saturated carbocycles. The largest absolute Gasteiger partial charge is 0.456 e. The van der Waals surface area contributed by atoms with E-state index in [1.54, 1.807) is 38.1 Å². The molecule has 0 aliphatic heterocycles. The fourth-order valence-electron chi connectivity index (χ4n) is 2.34. The predicted molar refractivity (Wildman–Crippen MR) is 108 cm³/mol. The minimum Gasteiger partial charge on any atom is -0.456 e. The Morgan fingerprint density at radius 2 is 1.61 bits per heavy atom. The summed E-state index contributed by atoms with van der Waals surface area (Å²) in [6.45, 7) is 3.22. The van der Waals surface area contributed by atoms with Crippen LogP contribution in [0.3, 0.4) is 0 Å². The first-order valence-electron chi connectivity index (χ1n) is 8.79. The van der Waals surface area contributed by atoms with Gasteiger partial charge in [0.25, 0.3) is 0 Å². The number of halogens is 1. The molecule has 28 heavy (non-hydrogen) atoms. The molecule has 0 fully saturated rings. The van der Waals surface area contributed by atoms with Crippen molar-refractivity contribution in [1.82, 2.24) is 5.32 Å². The number of benzene rings is 2. The predicted octanol–water partition coefficient (Wildman–Crippen LogP) is 4.13. The van der Waals surface area contributed by atoms with E-state index in [9.17, 15) is 14.4 Å². The molecule has 0 aliphatic carbocycles. The standard InChI is InChI=1S/C21H22BrNO5/c1-14(2)19(23-21(26)28-12-15-6-4-3-5-7-15)20(25)27-13-18(24)16-8-10-17(22)11-9-16/h3-11,14,19H,12-13H2,1-2H3,(H,23,26)/t19-/m1/s1. The van der Waals surface area contributed by atoms with E-state index in [1.165, 1.54) is 0 Å². The zero-order chi connectivity index (χ0) is 20.5. The van der Waals surface area contributed by atoms with Gasteiger partial charge in [-0.3, -0.25) is 4.79 Å². The Hall–Kier alpha value is -2.67. The van der Waals surface area contributed by atoms with Crippen molar-refractivity contribution in [3.8, 4) is 0 Å². The zero-order valence-corrected chi connectivity index (χ0v) is 17.3. The topological polar surface area (TPSA) is 81.7 Å². The molecule has 1 amide bonds. The molecule has 1 N–H and O–H groups in total. The lowest BCUT2D eigenvalue weighted by Crippen LogP contribution is -2.45. The molecule has 0 heterocycles. The molecule has 0 saturated heterocycles. The maximum absolute atomic E-state index is 12.3. The van der Waals surface area contributed by atoms with Gasteiger partial charge in [0.1, 0.15) is 12.6 Å². The normalized spacial score (nSPS) is 11.6. The third-order valence-corrected chi connectivity index (χ3v) is 4.45. The summed E-state index contributed by atoms with van der Waals surface area (Å²) >= 11 is 3.29. The van der Waals surface area contributed by atoms with E-state index in [4.69, 9.17) is 9.47 Å². The van der Waals surface area contributed by atoms with Gasteiger partial charge in [-0.1, -0.05) is 72.2 Å². The van der Waals surface area contributed by atoms with Gasteiger partial charge in [0, 0.05) is 10.0 Å². The molecule has 0 spiro atoms. The highest BCUT2D eigenvalue weighted by molar-refractivity contribution is 9.10. The van der Waals surface area contributed by atoms with Crippen LogP contribution in [0.1, 0.15) is 29.8 Å². The van der Waals surface area contributed by atoms with Crippen LogP contribution in [-0.4, -0.2) is 30.5 Å². The number of alkyl carbamates (subject to hydrolysis) is 1. The maximum Gasteiger partial charge on any atom is 0.408 e. The molecule has 0 radical (unpaired) electrons.